The van der Waals surface area contributed by atoms with Gasteiger partial charge >= 0.3 is 0 Å². The smallest absolute Gasteiger partial charge is 0.0741 e. The molecule has 0 saturated heterocycles. The summed E-state index contributed by atoms with van der Waals surface area (Å²) in [5, 5.41) is 12.8. The molecule has 1 aromatic rings. The zero-order chi connectivity index (χ0) is 10.1. The van der Waals surface area contributed by atoms with Gasteiger partial charge in [0, 0.05) is 5.69 Å². The lowest BCUT2D eigenvalue weighted by Crippen LogP contribution is -2.42. The summed E-state index contributed by atoms with van der Waals surface area (Å²) in [6, 6.07) is 6.59. The van der Waals surface area contributed by atoms with E-state index in [-0.39, 0.29) is 12.1 Å². The second-order valence-electron chi connectivity index (χ2n) is 4.19. The number of nitrogens with one attached hydrogen (secondary N) is 1. The van der Waals surface area contributed by atoms with Gasteiger partial charge in [-0.25, -0.2) is 0 Å². The molecule has 2 N–H and O–H groups in total. The van der Waals surface area contributed by atoms with Crippen LogP contribution in [0.2, 0.25) is 0 Å². The van der Waals surface area contributed by atoms with Crippen molar-refractivity contribution >= 4 is 5.69 Å². The Kier molecular flexibility index (Phi) is 2.46. The molecule has 2 unspecified atom stereocenters. The summed E-state index contributed by atoms with van der Waals surface area (Å²) in [5.74, 6) is 0. The molecule has 14 heavy (non-hydrogen) atoms. The molecule has 1 aromatic carbocycles. The number of hydrogen-bond acceptors (Lipinski definition) is 2. The monoisotopic (exact) mass is 191 g/mol. The van der Waals surface area contributed by atoms with Gasteiger partial charge in [0.25, 0.3) is 0 Å². The first-order valence-corrected chi connectivity index (χ1v) is 5.18. The summed E-state index contributed by atoms with van der Waals surface area (Å²) in [6.07, 6.45) is 1.85. The van der Waals surface area contributed by atoms with Crippen LogP contribution >= 0.6 is 0 Å². The fraction of sp³-hybridized carbons (Fsp3) is 0.500. The Labute approximate surface area is 85.0 Å². The van der Waals surface area contributed by atoms with Gasteiger partial charge < -0.3 is 10.4 Å². The predicted octanol–water partition coefficient (Wildman–Crippen LogP) is 2.24. The molecule has 2 atom stereocenters. The van der Waals surface area contributed by atoms with E-state index in [0.29, 0.717) is 0 Å². The number of benzene rings is 1. The van der Waals surface area contributed by atoms with Crippen molar-refractivity contribution in [1.82, 2.24) is 0 Å². The lowest BCUT2D eigenvalue weighted by Gasteiger charge is -2.33. The molecule has 2 heteroatoms. The van der Waals surface area contributed by atoms with Gasteiger partial charge in [-0.05, 0) is 49.9 Å². The standard InChI is InChI=1S/C12H17NO/c1-8-3-4-10(7-9(8)2)13-11-5-6-12(11)14/h3-4,7,11-14H,5-6H2,1-2H3. The van der Waals surface area contributed by atoms with Crippen LogP contribution in [0.15, 0.2) is 18.2 Å². The van der Waals surface area contributed by atoms with Crippen molar-refractivity contribution in [2.45, 2.75) is 38.8 Å². The molecule has 0 amide bonds. The first-order valence-electron chi connectivity index (χ1n) is 5.18. The number of rotatable bonds is 2. The highest BCUT2D eigenvalue weighted by Crippen LogP contribution is 2.24. The fourth-order valence-corrected chi connectivity index (χ4v) is 1.70. The zero-order valence-corrected chi connectivity index (χ0v) is 8.75. The summed E-state index contributed by atoms with van der Waals surface area (Å²) in [6.45, 7) is 4.22. The molecule has 0 heterocycles. The Bertz CT molecular complexity index is 335. The summed E-state index contributed by atoms with van der Waals surface area (Å²) in [4.78, 5) is 0. The summed E-state index contributed by atoms with van der Waals surface area (Å²) < 4.78 is 0. The normalized spacial score (nSPS) is 25.6. The molecule has 1 fully saturated rings. The molecule has 1 aliphatic rings. The van der Waals surface area contributed by atoms with Gasteiger partial charge in [0.05, 0.1) is 12.1 Å². The Balaban J connectivity index is 2.06. The molecule has 2 nitrogen and oxygen atoms in total. The molecule has 76 valence electrons. The van der Waals surface area contributed by atoms with Crippen LogP contribution in [0.5, 0.6) is 0 Å². The van der Waals surface area contributed by atoms with E-state index in [1.807, 2.05) is 0 Å². The van der Waals surface area contributed by atoms with Crippen molar-refractivity contribution in [1.29, 1.82) is 0 Å². The third-order valence-corrected chi connectivity index (χ3v) is 3.10. The van der Waals surface area contributed by atoms with E-state index in [4.69, 9.17) is 0 Å². The number of anilines is 1. The molecular weight excluding hydrogens is 174 g/mol. The number of aryl methyl sites for hydroxylation is 2. The van der Waals surface area contributed by atoms with E-state index in [9.17, 15) is 5.11 Å². The van der Waals surface area contributed by atoms with Crippen molar-refractivity contribution in [2.24, 2.45) is 0 Å². The minimum absolute atomic E-state index is 0.156. The average molecular weight is 191 g/mol. The molecule has 0 aliphatic heterocycles. The van der Waals surface area contributed by atoms with Gasteiger partial charge in [-0.15, -0.1) is 0 Å². The van der Waals surface area contributed by atoms with Gasteiger partial charge in [-0.2, -0.15) is 0 Å². The first-order chi connectivity index (χ1) is 6.66. The maximum Gasteiger partial charge on any atom is 0.0741 e. The SMILES string of the molecule is Cc1ccc(NC2CCC2O)cc1C. The maximum absolute atomic E-state index is 9.43. The van der Waals surface area contributed by atoms with E-state index in [1.165, 1.54) is 11.1 Å². The van der Waals surface area contributed by atoms with Crippen molar-refractivity contribution in [3.05, 3.63) is 29.3 Å². The second kappa shape index (κ2) is 3.62. The van der Waals surface area contributed by atoms with Gasteiger partial charge in [0.15, 0.2) is 0 Å². The Morgan fingerprint density at radius 1 is 1.21 bits per heavy atom. The van der Waals surface area contributed by atoms with Crippen LogP contribution in [0, 0.1) is 13.8 Å². The van der Waals surface area contributed by atoms with E-state index in [1.54, 1.807) is 0 Å². The molecule has 0 spiro atoms. The molecule has 0 bridgehead atoms. The third kappa shape index (κ3) is 1.75. The van der Waals surface area contributed by atoms with Crippen LogP contribution in [0.4, 0.5) is 5.69 Å². The lowest BCUT2D eigenvalue weighted by atomic mass is 9.89. The van der Waals surface area contributed by atoms with Crippen LogP contribution < -0.4 is 5.32 Å². The van der Waals surface area contributed by atoms with Crippen molar-refractivity contribution < 1.29 is 5.11 Å². The maximum atomic E-state index is 9.43. The van der Waals surface area contributed by atoms with E-state index < -0.39 is 0 Å². The molecule has 1 saturated carbocycles. The molecular formula is C12H17NO. The molecule has 0 radical (unpaired) electrons. The van der Waals surface area contributed by atoms with Crippen LogP contribution in [0.1, 0.15) is 24.0 Å². The van der Waals surface area contributed by atoms with E-state index >= 15 is 0 Å². The second-order valence-corrected chi connectivity index (χ2v) is 4.19. The minimum Gasteiger partial charge on any atom is -0.391 e. The van der Waals surface area contributed by atoms with Crippen molar-refractivity contribution in [2.75, 3.05) is 5.32 Å². The quantitative estimate of drug-likeness (QED) is 0.751. The average Bonchev–Trinajstić information content (AvgIpc) is 2.17. The van der Waals surface area contributed by atoms with Crippen molar-refractivity contribution in [3.8, 4) is 0 Å². The minimum atomic E-state index is -0.156. The van der Waals surface area contributed by atoms with Gasteiger partial charge in [-0.1, -0.05) is 6.07 Å². The molecule has 2 rings (SSSR count). The van der Waals surface area contributed by atoms with Crippen molar-refractivity contribution in [3.63, 3.8) is 0 Å². The third-order valence-electron chi connectivity index (χ3n) is 3.10. The largest absolute Gasteiger partial charge is 0.391 e. The van der Waals surface area contributed by atoms with Crippen LogP contribution in [0.25, 0.3) is 0 Å². The highest BCUT2D eigenvalue weighted by molar-refractivity contribution is 5.49. The van der Waals surface area contributed by atoms with Gasteiger partial charge in [0.2, 0.25) is 0 Å². The number of hydrogen-bond donors (Lipinski definition) is 2. The predicted molar refractivity (Wildman–Crippen MR) is 58.6 cm³/mol. The molecule has 1 aliphatic carbocycles. The zero-order valence-electron chi connectivity index (χ0n) is 8.75. The highest BCUT2D eigenvalue weighted by atomic mass is 16.3. The summed E-state index contributed by atoms with van der Waals surface area (Å²) in [5.41, 5.74) is 3.73. The summed E-state index contributed by atoms with van der Waals surface area (Å²) >= 11 is 0. The lowest BCUT2D eigenvalue weighted by molar-refractivity contribution is 0.0786. The number of aliphatic hydroxyl groups is 1. The van der Waals surface area contributed by atoms with Gasteiger partial charge in [-0.3, -0.25) is 0 Å². The van der Waals surface area contributed by atoms with Crippen LogP contribution in [0.3, 0.4) is 0 Å². The Morgan fingerprint density at radius 3 is 2.50 bits per heavy atom. The highest BCUT2D eigenvalue weighted by Gasteiger charge is 2.28. The Morgan fingerprint density at radius 2 is 2.00 bits per heavy atom. The molecule has 0 aromatic heterocycles. The fourth-order valence-electron chi connectivity index (χ4n) is 1.70. The van der Waals surface area contributed by atoms with Gasteiger partial charge in [0.1, 0.15) is 0 Å². The van der Waals surface area contributed by atoms with E-state index in [2.05, 4.69) is 37.4 Å². The topological polar surface area (TPSA) is 32.3 Å². The number of aliphatic hydroxyl groups excluding tert-OH is 1. The van der Waals surface area contributed by atoms with E-state index in [0.717, 1.165) is 18.5 Å². The Hall–Kier alpha value is -1.02. The summed E-state index contributed by atoms with van der Waals surface area (Å²) in [7, 11) is 0. The first kappa shape index (κ1) is 9.53. The van der Waals surface area contributed by atoms with Crippen LogP contribution in [-0.2, 0) is 0 Å². The van der Waals surface area contributed by atoms with Crippen LogP contribution in [-0.4, -0.2) is 17.3 Å².